The van der Waals surface area contributed by atoms with Crippen LogP contribution < -0.4 is 10.0 Å². The van der Waals surface area contributed by atoms with Gasteiger partial charge in [-0.05, 0) is 68.5 Å². The highest BCUT2D eigenvalue weighted by molar-refractivity contribution is 7.92. The molecule has 5 aromatic rings. The molecule has 2 N–H and O–H groups in total. The zero-order valence-electron chi connectivity index (χ0n) is 34.3. The Morgan fingerprint density at radius 3 is 2.17 bits per heavy atom. The van der Waals surface area contributed by atoms with Crippen molar-refractivity contribution >= 4 is 54.1 Å². The number of halogens is 11. The Morgan fingerprint density at radius 1 is 0.954 bits per heavy atom. The smallest absolute Gasteiger partial charge is 0.346 e. The molecule has 2 aliphatic rings. The van der Waals surface area contributed by atoms with Gasteiger partial charge < -0.3 is 5.32 Å². The first kappa shape index (κ1) is 47.5. The van der Waals surface area contributed by atoms with Crippen LogP contribution in [0, 0.1) is 29.4 Å². The number of carbonyl (C=O) groups is 1. The number of rotatable bonds is 11. The lowest BCUT2D eigenvalue weighted by molar-refractivity contribution is -0.143. The zero-order valence-corrected chi connectivity index (χ0v) is 36.7. The number of benzene rings is 2. The number of hydrogen-bond acceptors (Lipinski definition) is 8. The standard InChI is InChI=1S/C40H34ClF10N7O5S2/c1-36(2,64(4,60)61)11-10-22-6-7-23(24-8-9-25(41)29-32(24)58(18-38(44,45)46)55-35(29)56-65(5,62)63)31(52-22)26(14-19-12-20(42)15-21(43)13-19)53-28(59)17-57-34-30(33(54-57)40(49,50)51)37(3)16-27(37)39(34,47)48/h6-9,12-13,15,26-27H,14,16-18H2,1-5H3,(H,53,59)(H,55,56)/t26-,27+,37?/m0/s1. The fourth-order valence-electron chi connectivity index (χ4n) is 7.92. The zero-order chi connectivity index (χ0) is 48.2. The third kappa shape index (κ3) is 9.23. The Hall–Kier alpha value is -5.41. The molecule has 348 valence electrons. The number of pyridine rings is 1. The first-order chi connectivity index (χ1) is 29.7. The van der Waals surface area contributed by atoms with Gasteiger partial charge in [0.05, 0.1) is 33.9 Å². The molecule has 3 heterocycles. The lowest BCUT2D eigenvalue weighted by Crippen LogP contribution is -2.35. The number of hydrogen-bond donors (Lipinski definition) is 2. The van der Waals surface area contributed by atoms with Crippen LogP contribution in [0.25, 0.3) is 22.0 Å². The topological polar surface area (TPSA) is 158 Å². The SMILES string of the molecule is CC12C[C@H]1C(F)(F)c1c2c(C(F)(F)F)nn1CC(=O)N[C@@H](Cc1cc(F)cc(F)c1)c1nc(C#CC(C)(C)S(C)(=O)=O)ccc1-c1ccc(Cl)c2c(NS(C)(=O)=O)nn(CC(F)(F)F)c12. The van der Waals surface area contributed by atoms with E-state index in [1.165, 1.54) is 39.0 Å². The van der Waals surface area contributed by atoms with Crippen molar-refractivity contribution in [3.05, 3.63) is 93.0 Å². The van der Waals surface area contributed by atoms with Crippen molar-refractivity contribution in [2.45, 2.75) is 81.2 Å². The van der Waals surface area contributed by atoms with E-state index in [4.69, 9.17) is 11.6 Å². The largest absolute Gasteiger partial charge is 0.435 e. The molecule has 0 bridgehead atoms. The Kier molecular flexibility index (Phi) is 11.4. The predicted octanol–water partition coefficient (Wildman–Crippen LogP) is 7.84. The molecule has 0 radical (unpaired) electrons. The van der Waals surface area contributed by atoms with Crippen LogP contribution >= 0.6 is 11.6 Å². The summed E-state index contributed by atoms with van der Waals surface area (Å²) in [5.74, 6) is -4.36. The molecule has 0 saturated heterocycles. The fraction of sp³-hybridized carbons (Fsp3) is 0.400. The molecule has 7 rings (SSSR count). The van der Waals surface area contributed by atoms with Crippen LogP contribution in [0.1, 0.15) is 67.1 Å². The summed E-state index contributed by atoms with van der Waals surface area (Å²) in [4.78, 5) is 18.6. The molecule has 1 amide bonds. The van der Waals surface area contributed by atoms with Crippen LogP contribution in [-0.4, -0.2) is 70.7 Å². The quantitative estimate of drug-likeness (QED) is 0.100. The van der Waals surface area contributed by atoms with E-state index in [2.05, 4.69) is 32.3 Å². The maximum Gasteiger partial charge on any atom is 0.435 e. The third-order valence-electron chi connectivity index (χ3n) is 11.2. The van der Waals surface area contributed by atoms with Crippen LogP contribution in [0.2, 0.25) is 5.02 Å². The summed E-state index contributed by atoms with van der Waals surface area (Å²) in [6.45, 7) is 0.665. The fourth-order valence-corrected chi connectivity index (χ4v) is 8.89. The summed E-state index contributed by atoms with van der Waals surface area (Å²) in [5.41, 5.74) is -6.81. The van der Waals surface area contributed by atoms with E-state index in [1.54, 1.807) is 0 Å². The van der Waals surface area contributed by atoms with Gasteiger partial charge in [0.2, 0.25) is 15.9 Å². The number of nitrogens with one attached hydrogen (secondary N) is 2. The summed E-state index contributed by atoms with van der Waals surface area (Å²) in [7, 11) is -8.07. The number of sulfone groups is 1. The first-order valence-electron chi connectivity index (χ1n) is 19.0. The van der Waals surface area contributed by atoms with Crippen molar-refractivity contribution in [1.29, 1.82) is 0 Å². The number of nitrogens with zero attached hydrogens (tertiary/aromatic N) is 5. The minimum Gasteiger partial charge on any atom is -0.346 e. The van der Waals surface area contributed by atoms with Crippen LogP contribution in [0.3, 0.4) is 0 Å². The number of fused-ring (bicyclic) bond motifs is 4. The molecule has 3 atom stereocenters. The highest BCUT2D eigenvalue weighted by Gasteiger charge is 2.75. The monoisotopic (exact) mass is 981 g/mol. The summed E-state index contributed by atoms with van der Waals surface area (Å²) >= 11 is 6.46. The van der Waals surface area contributed by atoms with Crippen LogP contribution in [0.15, 0.2) is 42.5 Å². The number of anilines is 1. The Bertz CT molecular complexity index is 3080. The normalized spacial score (nSPS) is 18.7. The maximum absolute atomic E-state index is 15.7. The molecule has 25 heteroatoms. The lowest BCUT2D eigenvalue weighted by Gasteiger charge is -2.23. The van der Waals surface area contributed by atoms with Gasteiger partial charge in [0.15, 0.2) is 21.3 Å². The summed E-state index contributed by atoms with van der Waals surface area (Å²) in [5, 5.41) is 9.07. The molecule has 12 nitrogen and oxygen atoms in total. The van der Waals surface area contributed by atoms with Gasteiger partial charge in [-0.2, -0.15) is 45.3 Å². The number of alkyl halides is 8. The molecule has 1 fully saturated rings. The van der Waals surface area contributed by atoms with E-state index in [-0.39, 0.29) is 49.6 Å². The van der Waals surface area contributed by atoms with Crippen molar-refractivity contribution in [2.24, 2.45) is 5.92 Å². The van der Waals surface area contributed by atoms with Gasteiger partial charge in [-0.3, -0.25) is 18.9 Å². The summed E-state index contributed by atoms with van der Waals surface area (Å²) in [6, 6.07) is 5.24. The van der Waals surface area contributed by atoms with E-state index in [9.17, 15) is 56.8 Å². The van der Waals surface area contributed by atoms with Crippen LogP contribution in [0.4, 0.5) is 49.7 Å². The van der Waals surface area contributed by atoms with Gasteiger partial charge in [-0.15, -0.1) is 0 Å². The van der Waals surface area contributed by atoms with Crippen LogP contribution in [0.5, 0.6) is 0 Å². The number of aromatic nitrogens is 5. The summed E-state index contributed by atoms with van der Waals surface area (Å²) < 4.78 is 197. The third-order valence-corrected chi connectivity index (χ3v) is 14.0. The van der Waals surface area contributed by atoms with Gasteiger partial charge in [0.25, 0.3) is 5.92 Å². The maximum atomic E-state index is 15.7. The van der Waals surface area contributed by atoms with Gasteiger partial charge >= 0.3 is 12.4 Å². The average Bonchev–Trinajstić information content (AvgIpc) is 3.42. The molecular formula is C40H34ClF10N7O5S2. The van der Waals surface area contributed by atoms with E-state index >= 15 is 8.78 Å². The molecule has 2 aliphatic carbocycles. The molecule has 2 aromatic carbocycles. The number of amides is 1. The van der Waals surface area contributed by atoms with Crippen molar-refractivity contribution in [3.8, 4) is 23.0 Å². The molecule has 1 saturated carbocycles. The second-order valence-corrected chi connectivity index (χ2v) is 21.3. The second-order valence-electron chi connectivity index (χ2n) is 16.6. The van der Waals surface area contributed by atoms with E-state index < -0.39 is 126 Å². The van der Waals surface area contributed by atoms with Gasteiger partial charge in [-0.25, -0.2) is 30.6 Å². The molecule has 3 aromatic heterocycles. The van der Waals surface area contributed by atoms with E-state index in [0.717, 1.165) is 24.5 Å². The molecule has 65 heavy (non-hydrogen) atoms. The second kappa shape index (κ2) is 15.6. The Balaban J connectivity index is 1.46. The number of carbonyl (C=O) groups excluding carboxylic acids is 1. The first-order valence-corrected chi connectivity index (χ1v) is 23.1. The van der Waals surface area contributed by atoms with E-state index in [1.807, 2.05) is 4.72 Å². The van der Waals surface area contributed by atoms with Crippen LogP contribution in [-0.2, 0) is 61.7 Å². The molecule has 0 spiro atoms. The van der Waals surface area contributed by atoms with Gasteiger partial charge in [0.1, 0.15) is 40.9 Å². The van der Waals surface area contributed by atoms with Crippen molar-refractivity contribution in [1.82, 2.24) is 29.9 Å². The highest BCUT2D eigenvalue weighted by atomic mass is 35.5. The Labute approximate surface area is 368 Å². The van der Waals surface area contributed by atoms with Gasteiger partial charge in [0, 0.05) is 40.3 Å². The molecule has 0 aliphatic heterocycles. The predicted molar refractivity (Wildman–Crippen MR) is 216 cm³/mol. The lowest BCUT2D eigenvalue weighted by atomic mass is 9.93. The average molecular weight is 982 g/mol. The van der Waals surface area contributed by atoms with Gasteiger partial charge in [-0.1, -0.05) is 30.5 Å². The van der Waals surface area contributed by atoms with Crippen molar-refractivity contribution in [3.63, 3.8) is 0 Å². The van der Waals surface area contributed by atoms with E-state index in [0.29, 0.717) is 17.0 Å². The minimum absolute atomic E-state index is 0.197. The minimum atomic E-state index is -5.21. The highest BCUT2D eigenvalue weighted by Crippen LogP contribution is 2.72. The molecule has 1 unspecified atom stereocenters. The van der Waals surface area contributed by atoms with Crippen molar-refractivity contribution < 1.29 is 65.5 Å². The van der Waals surface area contributed by atoms with Crippen molar-refractivity contribution in [2.75, 3.05) is 17.2 Å². The number of sulfonamides is 1. The molecular weight excluding hydrogens is 948 g/mol. The summed E-state index contributed by atoms with van der Waals surface area (Å²) in [6.07, 6.45) is -9.52. The Morgan fingerprint density at radius 2 is 1.58 bits per heavy atom.